The number of rotatable bonds is 4. The van der Waals surface area contributed by atoms with Crippen molar-refractivity contribution >= 4 is 54.9 Å². The lowest BCUT2D eigenvalue weighted by atomic mass is 10.1. The van der Waals surface area contributed by atoms with Gasteiger partial charge < -0.3 is 4.98 Å². The van der Waals surface area contributed by atoms with Gasteiger partial charge in [-0.3, -0.25) is 4.79 Å². The van der Waals surface area contributed by atoms with Gasteiger partial charge in [0.15, 0.2) is 4.34 Å². The summed E-state index contributed by atoms with van der Waals surface area (Å²) in [6.45, 7) is 0. The molecule has 3 aromatic heterocycles. The summed E-state index contributed by atoms with van der Waals surface area (Å²) in [6, 6.07) is 14.1. The van der Waals surface area contributed by atoms with Crippen molar-refractivity contribution < 1.29 is 4.39 Å². The summed E-state index contributed by atoms with van der Waals surface area (Å²) in [6.07, 6.45) is 0. The van der Waals surface area contributed by atoms with E-state index in [1.807, 2.05) is 29.6 Å². The van der Waals surface area contributed by atoms with Crippen LogP contribution in [-0.4, -0.2) is 15.0 Å². The van der Waals surface area contributed by atoms with E-state index in [4.69, 9.17) is 0 Å². The number of fused-ring (bicyclic) bond motifs is 2. The first-order chi connectivity index (χ1) is 13.7. The fraction of sp³-hybridized carbons (Fsp3) is 0.0500. The van der Waals surface area contributed by atoms with Crippen molar-refractivity contribution in [2.24, 2.45) is 0 Å². The smallest absolute Gasteiger partial charge is 0.260 e. The Morgan fingerprint density at radius 1 is 1.07 bits per heavy atom. The number of aromatic nitrogens is 3. The highest BCUT2D eigenvalue weighted by molar-refractivity contribution is 8.00. The van der Waals surface area contributed by atoms with E-state index in [-0.39, 0.29) is 11.4 Å². The van der Waals surface area contributed by atoms with Gasteiger partial charge in [-0.15, -0.1) is 22.7 Å². The van der Waals surface area contributed by atoms with Crippen molar-refractivity contribution in [2.45, 2.75) is 10.1 Å². The Bertz CT molecular complexity index is 1320. The third-order valence-electron chi connectivity index (χ3n) is 4.25. The molecule has 0 unspecified atom stereocenters. The minimum atomic E-state index is -0.301. The number of thiophene rings is 1. The van der Waals surface area contributed by atoms with Crippen LogP contribution in [0.1, 0.15) is 5.82 Å². The van der Waals surface area contributed by atoms with E-state index in [9.17, 15) is 9.18 Å². The number of nitrogens with one attached hydrogen (secondary N) is 1. The molecule has 0 amide bonds. The molecule has 5 aromatic rings. The lowest BCUT2D eigenvalue weighted by Gasteiger charge is -2.01. The molecule has 5 rings (SSSR count). The van der Waals surface area contributed by atoms with Crippen LogP contribution in [0, 0.1) is 5.82 Å². The summed E-state index contributed by atoms with van der Waals surface area (Å²) in [5.74, 6) is 0.855. The number of benzene rings is 2. The van der Waals surface area contributed by atoms with Crippen LogP contribution in [0.3, 0.4) is 0 Å². The van der Waals surface area contributed by atoms with Crippen LogP contribution in [0.5, 0.6) is 0 Å². The molecule has 0 bridgehead atoms. The highest BCUT2D eigenvalue weighted by Crippen LogP contribution is 2.33. The van der Waals surface area contributed by atoms with E-state index in [0.29, 0.717) is 21.8 Å². The van der Waals surface area contributed by atoms with Crippen molar-refractivity contribution in [1.29, 1.82) is 0 Å². The normalized spacial score (nSPS) is 11.5. The summed E-state index contributed by atoms with van der Waals surface area (Å²) in [7, 11) is 0. The molecule has 8 heteroatoms. The van der Waals surface area contributed by atoms with E-state index < -0.39 is 0 Å². The summed E-state index contributed by atoms with van der Waals surface area (Å²) in [5.41, 5.74) is 2.38. The molecular formula is C20H12FN3OS3. The van der Waals surface area contributed by atoms with E-state index in [0.717, 1.165) is 25.7 Å². The first-order valence-corrected chi connectivity index (χ1v) is 11.1. The molecule has 4 nitrogen and oxygen atoms in total. The monoisotopic (exact) mass is 425 g/mol. The van der Waals surface area contributed by atoms with Gasteiger partial charge in [0.05, 0.1) is 21.4 Å². The van der Waals surface area contributed by atoms with E-state index in [1.165, 1.54) is 23.5 Å². The molecule has 28 heavy (non-hydrogen) atoms. The van der Waals surface area contributed by atoms with Gasteiger partial charge in [0.1, 0.15) is 16.5 Å². The van der Waals surface area contributed by atoms with E-state index in [2.05, 4.69) is 15.0 Å². The SMILES string of the molecule is O=c1[nH]c(CSc2nc3ccccc3s2)nc2scc(-c3ccc(F)cc3)c12. The fourth-order valence-corrected chi connectivity index (χ4v) is 5.85. The van der Waals surface area contributed by atoms with Gasteiger partial charge in [0.25, 0.3) is 5.56 Å². The quantitative estimate of drug-likeness (QED) is 0.376. The van der Waals surface area contributed by atoms with Gasteiger partial charge in [-0.05, 0) is 29.8 Å². The van der Waals surface area contributed by atoms with Gasteiger partial charge >= 0.3 is 0 Å². The number of thiazole rings is 1. The average Bonchev–Trinajstić information content (AvgIpc) is 3.31. The lowest BCUT2D eigenvalue weighted by Crippen LogP contribution is -2.10. The molecule has 0 fully saturated rings. The van der Waals surface area contributed by atoms with Crippen molar-refractivity contribution in [3.8, 4) is 11.1 Å². The number of hydrogen-bond donors (Lipinski definition) is 1. The fourth-order valence-electron chi connectivity index (χ4n) is 2.95. The molecule has 2 aromatic carbocycles. The number of aromatic amines is 1. The predicted molar refractivity (Wildman–Crippen MR) is 115 cm³/mol. The van der Waals surface area contributed by atoms with Crippen molar-refractivity contribution in [2.75, 3.05) is 0 Å². The van der Waals surface area contributed by atoms with Crippen LogP contribution in [-0.2, 0) is 5.75 Å². The molecule has 0 aliphatic rings. The topological polar surface area (TPSA) is 58.6 Å². The second-order valence-corrected chi connectivity index (χ2v) is 9.20. The summed E-state index contributed by atoms with van der Waals surface area (Å²) in [4.78, 5) is 25.5. The second kappa shape index (κ2) is 7.12. The summed E-state index contributed by atoms with van der Waals surface area (Å²) >= 11 is 4.61. The average molecular weight is 426 g/mol. The number of halogens is 1. The van der Waals surface area contributed by atoms with Gasteiger partial charge in [-0.1, -0.05) is 36.0 Å². The maximum Gasteiger partial charge on any atom is 0.260 e. The zero-order valence-corrected chi connectivity index (χ0v) is 16.8. The molecule has 1 N–H and O–H groups in total. The lowest BCUT2D eigenvalue weighted by molar-refractivity contribution is 0.628. The highest BCUT2D eigenvalue weighted by atomic mass is 32.2. The van der Waals surface area contributed by atoms with Crippen LogP contribution < -0.4 is 5.56 Å². The first kappa shape index (κ1) is 17.5. The Morgan fingerprint density at radius 2 is 1.89 bits per heavy atom. The second-order valence-electron chi connectivity index (χ2n) is 6.09. The molecule has 138 valence electrons. The number of nitrogens with zero attached hydrogens (tertiary/aromatic N) is 2. The number of para-hydroxylation sites is 1. The molecular weight excluding hydrogens is 413 g/mol. The largest absolute Gasteiger partial charge is 0.309 e. The minimum absolute atomic E-state index is 0.175. The molecule has 0 saturated heterocycles. The minimum Gasteiger partial charge on any atom is -0.309 e. The van der Waals surface area contributed by atoms with Gasteiger partial charge in [0, 0.05) is 10.9 Å². The zero-order chi connectivity index (χ0) is 19.1. The molecule has 0 saturated carbocycles. The predicted octanol–water partition coefficient (Wildman–Crippen LogP) is 5.69. The molecule has 0 spiro atoms. The van der Waals surface area contributed by atoms with Gasteiger partial charge in [-0.25, -0.2) is 14.4 Å². The van der Waals surface area contributed by atoms with Crippen LogP contribution >= 0.6 is 34.4 Å². The Hall–Kier alpha value is -2.55. The standard InChI is InChI=1S/C20H12FN3OS3/c21-12-7-5-11(6-8-12)13-9-26-19-17(13)18(25)23-16(24-19)10-27-20-22-14-3-1-2-4-15(14)28-20/h1-9H,10H2,(H,23,24,25). The third kappa shape index (κ3) is 3.23. The van der Waals surface area contributed by atoms with E-state index >= 15 is 0 Å². The van der Waals surface area contributed by atoms with Crippen LogP contribution in [0.15, 0.2) is 63.0 Å². The number of hydrogen-bond acceptors (Lipinski definition) is 6. The Morgan fingerprint density at radius 3 is 2.71 bits per heavy atom. The zero-order valence-electron chi connectivity index (χ0n) is 14.3. The van der Waals surface area contributed by atoms with Crippen molar-refractivity contribution in [1.82, 2.24) is 15.0 Å². The van der Waals surface area contributed by atoms with E-state index in [1.54, 1.807) is 35.2 Å². The number of thioether (sulfide) groups is 1. The number of H-pyrrole nitrogens is 1. The molecule has 0 aliphatic heterocycles. The maximum absolute atomic E-state index is 13.2. The summed E-state index contributed by atoms with van der Waals surface area (Å²) < 4.78 is 15.3. The molecule has 0 aliphatic carbocycles. The first-order valence-electron chi connectivity index (χ1n) is 8.42. The van der Waals surface area contributed by atoms with Crippen molar-refractivity contribution in [3.05, 3.63) is 75.9 Å². The van der Waals surface area contributed by atoms with Gasteiger partial charge in [-0.2, -0.15) is 0 Å². The maximum atomic E-state index is 13.2. The molecule has 0 atom stereocenters. The van der Waals surface area contributed by atoms with Crippen molar-refractivity contribution in [3.63, 3.8) is 0 Å². The Labute approximate surface area is 171 Å². The van der Waals surface area contributed by atoms with Crippen LogP contribution in [0.25, 0.3) is 31.6 Å². The third-order valence-corrected chi connectivity index (χ3v) is 7.32. The Kier molecular flexibility index (Phi) is 4.46. The molecule has 0 radical (unpaired) electrons. The summed E-state index contributed by atoms with van der Waals surface area (Å²) in [5, 5.41) is 2.44. The Balaban J connectivity index is 1.45. The van der Waals surface area contributed by atoms with Gasteiger partial charge in [0.2, 0.25) is 0 Å². The van der Waals surface area contributed by atoms with Crippen LogP contribution in [0.4, 0.5) is 4.39 Å². The van der Waals surface area contributed by atoms with Crippen LogP contribution in [0.2, 0.25) is 0 Å². The highest BCUT2D eigenvalue weighted by Gasteiger charge is 2.14. The molecule has 3 heterocycles.